The van der Waals surface area contributed by atoms with Crippen LogP contribution in [-0.4, -0.2) is 44.9 Å². The summed E-state index contributed by atoms with van der Waals surface area (Å²) in [5.41, 5.74) is 1.35. The zero-order valence-corrected chi connectivity index (χ0v) is 19.2. The van der Waals surface area contributed by atoms with Gasteiger partial charge in [0.05, 0.1) is 24.7 Å². The van der Waals surface area contributed by atoms with Crippen molar-refractivity contribution in [2.45, 2.75) is 18.4 Å². The van der Waals surface area contributed by atoms with Crippen LogP contribution >= 0.6 is 11.3 Å². The first-order valence-electron chi connectivity index (χ1n) is 10.1. The summed E-state index contributed by atoms with van der Waals surface area (Å²) in [7, 11) is -3.76. The van der Waals surface area contributed by atoms with Gasteiger partial charge in [-0.15, -0.1) is 11.3 Å². The van der Waals surface area contributed by atoms with E-state index in [1.807, 2.05) is 17.5 Å². The number of aryl methyl sites for hydroxylation is 1. The molecule has 1 aromatic heterocycles. The summed E-state index contributed by atoms with van der Waals surface area (Å²) in [5, 5.41) is 1.92. The zero-order valence-electron chi connectivity index (χ0n) is 17.5. The highest BCUT2D eigenvalue weighted by molar-refractivity contribution is 7.89. The van der Waals surface area contributed by atoms with Crippen LogP contribution in [0.1, 0.15) is 20.8 Å². The summed E-state index contributed by atoms with van der Waals surface area (Å²) in [4.78, 5) is 16.1. The lowest BCUT2D eigenvalue weighted by Crippen LogP contribution is -2.41. The second-order valence-corrected chi connectivity index (χ2v) is 10.4. The normalized spacial score (nSPS) is 14.9. The molecule has 1 amide bonds. The first kappa shape index (κ1) is 22.6. The number of carbonyl (C=O) groups is 1. The van der Waals surface area contributed by atoms with Gasteiger partial charge in [-0.1, -0.05) is 12.1 Å². The third-order valence-corrected chi connectivity index (χ3v) is 8.20. The molecule has 1 fully saturated rings. The van der Waals surface area contributed by atoms with Crippen molar-refractivity contribution in [2.24, 2.45) is 0 Å². The van der Waals surface area contributed by atoms with Crippen LogP contribution in [0.2, 0.25) is 0 Å². The highest BCUT2D eigenvalue weighted by Crippen LogP contribution is 2.26. The van der Waals surface area contributed by atoms with Gasteiger partial charge in [-0.25, -0.2) is 12.8 Å². The number of rotatable bonds is 6. The third-order valence-electron chi connectivity index (χ3n) is 5.30. The molecule has 32 heavy (non-hydrogen) atoms. The Morgan fingerprint density at radius 2 is 1.84 bits per heavy atom. The van der Waals surface area contributed by atoms with Crippen LogP contribution in [0.4, 0.5) is 10.1 Å². The van der Waals surface area contributed by atoms with E-state index in [4.69, 9.17) is 4.74 Å². The molecule has 0 atom stereocenters. The van der Waals surface area contributed by atoms with Gasteiger partial charge in [-0.2, -0.15) is 4.31 Å². The van der Waals surface area contributed by atoms with E-state index in [9.17, 15) is 17.6 Å². The largest absolute Gasteiger partial charge is 0.379 e. The molecule has 2 heterocycles. The first-order chi connectivity index (χ1) is 15.4. The lowest BCUT2D eigenvalue weighted by molar-refractivity contribution is 0.0730. The number of hydrogen-bond donors (Lipinski definition) is 0. The smallest absolute Gasteiger partial charge is 0.258 e. The highest BCUT2D eigenvalue weighted by Gasteiger charge is 2.29. The van der Waals surface area contributed by atoms with Gasteiger partial charge in [0.1, 0.15) is 5.82 Å². The number of hydrogen-bond acceptors (Lipinski definition) is 5. The molecular formula is C23H23FN2O4S2. The molecule has 0 N–H and O–H groups in total. The maximum absolute atomic E-state index is 13.5. The summed E-state index contributed by atoms with van der Waals surface area (Å²) in [6, 6.07) is 14.2. The number of sulfonamides is 1. The molecule has 0 spiro atoms. The zero-order chi connectivity index (χ0) is 22.7. The molecule has 9 heteroatoms. The second kappa shape index (κ2) is 9.50. The molecular weight excluding hydrogens is 451 g/mol. The van der Waals surface area contributed by atoms with Crippen molar-refractivity contribution in [1.29, 1.82) is 0 Å². The minimum atomic E-state index is -3.76. The van der Waals surface area contributed by atoms with Gasteiger partial charge < -0.3 is 9.64 Å². The van der Waals surface area contributed by atoms with E-state index in [0.717, 1.165) is 4.88 Å². The molecule has 0 bridgehead atoms. The Labute approximate surface area is 190 Å². The molecule has 1 aliphatic rings. The molecule has 1 aliphatic heterocycles. The Bertz CT molecular complexity index is 1190. The maximum atomic E-state index is 13.5. The first-order valence-corrected chi connectivity index (χ1v) is 12.5. The van der Waals surface area contributed by atoms with Crippen LogP contribution in [0.5, 0.6) is 0 Å². The van der Waals surface area contributed by atoms with E-state index in [1.54, 1.807) is 31.2 Å². The van der Waals surface area contributed by atoms with Gasteiger partial charge in [0.25, 0.3) is 5.91 Å². The van der Waals surface area contributed by atoms with Gasteiger partial charge in [0, 0.05) is 29.2 Å². The SMILES string of the molecule is Cc1ccc(C(=O)N(Cc2cccs2)c2ccc(F)cc2)cc1S(=O)(=O)N1CCOCC1. The third kappa shape index (κ3) is 4.75. The van der Waals surface area contributed by atoms with Gasteiger partial charge in [-0.3, -0.25) is 4.79 Å². The predicted molar refractivity (Wildman–Crippen MR) is 122 cm³/mol. The molecule has 0 saturated carbocycles. The van der Waals surface area contributed by atoms with Crippen molar-refractivity contribution in [3.63, 3.8) is 0 Å². The molecule has 4 rings (SSSR count). The summed E-state index contributed by atoms with van der Waals surface area (Å²) >= 11 is 1.51. The number of benzene rings is 2. The lowest BCUT2D eigenvalue weighted by atomic mass is 10.1. The average Bonchev–Trinajstić information content (AvgIpc) is 3.32. The van der Waals surface area contributed by atoms with E-state index in [1.165, 1.54) is 38.7 Å². The predicted octanol–water partition coefficient (Wildman–Crippen LogP) is 4.06. The fourth-order valence-electron chi connectivity index (χ4n) is 3.55. The molecule has 168 valence electrons. The molecule has 2 aromatic carbocycles. The lowest BCUT2D eigenvalue weighted by Gasteiger charge is -2.27. The summed E-state index contributed by atoms with van der Waals surface area (Å²) in [6.45, 7) is 3.25. The van der Waals surface area contributed by atoms with E-state index in [-0.39, 0.29) is 29.5 Å². The number of nitrogens with zero attached hydrogens (tertiary/aromatic N) is 2. The number of anilines is 1. The average molecular weight is 475 g/mol. The van der Waals surface area contributed by atoms with Gasteiger partial charge in [0.15, 0.2) is 0 Å². The van der Waals surface area contributed by atoms with Crippen molar-refractivity contribution in [1.82, 2.24) is 4.31 Å². The Hall–Kier alpha value is -2.59. The fourth-order valence-corrected chi connectivity index (χ4v) is 5.90. The van der Waals surface area contributed by atoms with Crippen molar-refractivity contribution in [3.8, 4) is 0 Å². The van der Waals surface area contributed by atoms with Crippen molar-refractivity contribution in [3.05, 3.63) is 81.8 Å². The van der Waals surface area contributed by atoms with Crippen molar-refractivity contribution < 1.29 is 22.3 Å². The number of morpholine rings is 1. The standard InChI is InChI=1S/C23H23FN2O4S2/c1-17-4-5-18(15-22(17)32(28,29)25-10-12-30-13-11-25)23(27)26(16-21-3-2-14-31-21)20-8-6-19(24)7-9-20/h2-9,14-15H,10-13,16H2,1H3. The van der Waals surface area contributed by atoms with E-state index in [2.05, 4.69) is 0 Å². The van der Waals surface area contributed by atoms with Crippen LogP contribution < -0.4 is 4.90 Å². The van der Waals surface area contributed by atoms with Crippen molar-refractivity contribution in [2.75, 3.05) is 31.2 Å². The minimum Gasteiger partial charge on any atom is -0.379 e. The number of ether oxygens (including phenoxy) is 1. The minimum absolute atomic E-state index is 0.112. The monoisotopic (exact) mass is 474 g/mol. The fraction of sp³-hybridized carbons (Fsp3) is 0.261. The summed E-state index contributed by atoms with van der Waals surface area (Å²) in [6.07, 6.45) is 0. The molecule has 0 radical (unpaired) electrons. The molecule has 3 aromatic rings. The Balaban J connectivity index is 1.71. The van der Waals surface area contributed by atoms with Crippen molar-refractivity contribution >= 4 is 33.0 Å². The van der Waals surface area contributed by atoms with E-state index in [0.29, 0.717) is 31.0 Å². The number of amides is 1. The number of carbonyl (C=O) groups excluding carboxylic acids is 1. The Morgan fingerprint density at radius 1 is 1.12 bits per heavy atom. The van der Waals surface area contributed by atoms with Gasteiger partial charge in [0.2, 0.25) is 10.0 Å². The summed E-state index contributed by atoms with van der Waals surface area (Å²) in [5.74, 6) is -0.755. The van der Waals surface area contributed by atoms with Crippen LogP contribution in [0, 0.1) is 12.7 Å². The van der Waals surface area contributed by atoms with E-state index < -0.39 is 15.8 Å². The van der Waals surface area contributed by atoms with Crippen LogP contribution in [0.3, 0.4) is 0 Å². The highest BCUT2D eigenvalue weighted by atomic mass is 32.2. The summed E-state index contributed by atoms with van der Waals surface area (Å²) < 4.78 is 46.6. The van der Waals surface area contributed by atoms with E-state index >= 15 is 0 Å². The molecule has 1 saturated heterocycles. The maximum Gasteiger partial charge on any atom is 0.258 e. The van der Waals surface area contributed by atoms with Gasteiger partial charge >= 0.3 is 0 Å². The molecule has 0 unspecified atom stereocenters. The quantitative estimate of drug-likeness (QED) is 0.540. The van der Waals surface area contributed by atoms with Crippen LogP contribution in [-0.2, 0) is 21.3 Å². The molecule has 0 aliphatic carbocycles. The number of thiophene rings is 1. The van der Waals surface area contributed by atoms with Crippen LogP contribution in [0.15, 0.2) is 64.9 Å². The Kier molecular flexibility index (Phi) is 6.71. The number of halogens is 1. The van der Waals surface area contributed by atoms with Gasteiger partial charge in [-0.05, 0) is 60.3 Å². The topological polar surface area (TPSA) is 66.9 Å². The second-order valence-electron chi connectivity index (χ2n) is 7.44. The Morgan fingerprint density at radius 3 is 2.50 bits per heavy atom. The van der Waals surface area contributed by atoms with Crippen LogP contribution in [0.25, 0.3) is 0 Å². The molecule has 6 nitrogen and oxygen atoms in total.